The van der Waals surface area contributed by atoms with Crippen LogP contribution in [0.5, 0.6) is 0 Å². The maximum absolute atomic E-state index is 12.8. The van der Waals surface area contributed by atoms with E-state index in [1.54, 1.807) is 0 Å². The highest BCUT2D eigenvalue weighted by molar-refractivity contribution is 5.89. The molecule has 3 nitrogen and oxygen atoms in total. The zero-order chi connectivity index (χ0) is 12.8. The summed E-state index contributed by atoms with van der Waals surface area (Å²) in [4.78, 5) is 12.8. The van der Waals surface area contributed by atoms with Crippen LogP contribution in [0.2, 0.25) is 0 Å². The molecule has 3 heteroatoms. The van der Waals surface area contributed by atoms with Crippen molar-refractivity contribution in [2.24, 2.45) is 5.92 Å². The highest BCUT2D eigenvalue weighted by Crippen LogP contribution is 2.34. The van der Waals surface area contributed by atoms with Gasteiger partial charge in [-0.3, -0.25) is 4.79 Å². The lowest BCUT2D eigenvalue weighted by molar-refractivity contribution is -0.162. The quantitative estimate of drug-likeness (QED) is 0.723. The summed E-state index contributed by atoms with van der Waals surface area (Å²) < 4.78 is 11.3. The van der Waals surface area contributed by atoms with Gasteiger partial charge in [0.05, 0.1) is 0 Å². The Labute approximate surface area is 110 Å². The van der Waals surface area contributed by atoms with Gasteiger partial charge in [0.1, 0.15) is 5.60 Å². The van der Waals surface area contributed by atoms with Crippen molar-refractivity contribution in [2.75, 3.05) is 19.8 Å². The fraction of sp³-hybridized carbons (Fsp3) is 0.933. The summed E-state index contributed by atoms with van der Waals surface area (Å²) in [5.74, 6) is 0.603. The third-order valence-electron chi connectivity index (χ3n) is 4.40. The van der Waals surface area contributed by atoms with Crippen molar-refractivity contribution in [3.8, 4) is 0 Å². The van der Waals surface area contributed by atoms with E-state index in [4.69, 9.17) is 9.47 Å². The molecule has 0 unspecified atom stereocenters. The van der Waals surface area contributed by atoms with Crippen molar-refractivity contribution in [1.29, 1.82) is 0 Å². The Morgan fingerprint density at radius 3 is 2.33 bits per heavy atom. The number of hydrogen-bond donors (Lipinski definition) is 0. The van der Waals surface area contributed by atoms with Gasteiger partial charge in [-0.25, -0.2) is 0 Å². The maximum Gasteiger partial charge on any atom is 0.167 e. The summed E-state index contributed by atoms with van der Waals surface area (Å²) in [5.41, 5.74) is -0.526. The Balaban J connectivity index is 2.06. The molecule has 2 rings (SSSR count). The SMILES string of the molecule is CCOC1(C(=O)C2CCCCCC2)CCOCC1. The Bertz CT molecular complexity index is 255. The molecule has 1 saturated carbocycles. The van der Waals surface area contributed by atoms with E-state index in [1.807, 2.05) is 6.92 Å². The number of carbonyl (C=O) groups excluding carboxylic acids is 1. The molecule has 0 spiro atoms. The van der Waals surface area contributed by atoms with Gasteiger partial charge in [-0.2, -0.15) is 0 Å². The third-order valence-corrected chi connectivity index (χ3v) is 4.40. The van der Waals surface area contributed by atoms with Crippen LogP contribution in [0, 0.1) is 5.92 Å². The fourth-order valence-electron chi connectivity index (χ4n) is 3.35. The monoisotopic (exact) mass is 254 g/mol. The second kappa shape index (κ2) is 6.67. The van der Waals surface area contributed by atoms with Crippen LogP contribution in [-0.2, 0) is 14.3 Å². The van der Waals surface area contributed by atoms with Crippen molar-refractivity contribution in [3.05, 3.63) is 0 Å². The fourth-order valence-corrected chi connectivity index (χ4v) is 3.35. The van der Waals surface area contributed by atoms with Gasteiger partial charge in [-0.1, -0.05) is 25.7 Å². The summed E-state index contributed by atoms with van der Waals surface area (Å²) in [7, 11) is 0. The predicted octanol–water partition coefficient (Wildman–Crippen LogP) is 3.11. The van der Waals surface area contributed by atoms with Gasteiger partial charge >= 0.3 is 0 Å². The lowest BCUT2D eigenvalue weighted by atomic mass is 9.80. The maximum atomic E-state index is 12.8. The molecule has 1 aliphatic heterocycles. The molecule has 1 aliphatic carbocycles. The Hall–Kier alpha value is -0.410. The minimum absolute atomic E-state index is 0.233. The topological polar surface area (TPSA) is 35.5 Å². The Morgan fingerprint density at radius 2 is 1.78 bits per heavy atom. The van der Waals surface area contributed by atoms with Crippen molar-refractivity contribution < 1.29 is 14.3 Å². The van der Waals surface area contributed by atoms with Crippen molar-refractivity contribution >= 4 is 5.78 Å². The molecule has 0 atom stereocenters. The van der Waals surface area contributed by atoms with Crippen LogP contribution in [0.25, 0.3) is 0 Å². The Morgan fingerprint density at radius 1 is 1.17 bits per heavy atom. The smallest absolute Gasteiger partial charge is 0.167 e. The standard InChI is InChI=1S/C15H26O3/c1-2-18-15(9-11-17-12-10-15)14(16)13-7-5-3-4-6-8-13/h13H,2-12H2,1H3. The first-order valence-electron chi connectivity index (χ1n) is 7.54. The van der Waals surface area contributed by atoms with Gasteiger partial charge in [0.2, 0.25) is 0 Å². The molecule has 1 saturated heterocycles. The molecule has 0 amide bonds. The van der Waals surface area contributed by atoms with Gasteiger partial charge in [0, 0.05) is 38.6 Å². The van der Waals surface area contributed by atoms with Gasteiger partial charge < -0.3 is 9.47 Å². The van der Waals surface area contributed by atoms with Crippen molar-refractivity contribution in [1.82, 2.24) is 0 Å². The van der Waals surface area contributed by atoms with Crippen LogP contribution in [0.3, 0.4) is 0 Å². The van der Waals surface area contributed by atoms with Crippen LogP contribution in [0.1, 0.15) is 58.3 Å². The lowest BCUT2D eigenvalue weighted by Gasteiger charge is -2.37. The molecule has 0 aromatic heterocycles. The lowest BCUT2D eigenvalue weighted by Crippen LogP contribution is -2.49. The molecular formula is C15H26O3. The average Bonchev–Trinajstić information content (AvgIpc) is 2.68. The summed E-state index contributed by atoms with van der Waals surface area (Å²) in [6.45, 7) is 3.94. The first-order chi connectivity index (χ1) is 8.78. The first kappa shape index (κ1) is 14.0. The van der Waals surface area contributed by atoms with E-state index >= 15 is 0 Å². The second-order valence-corrected chi connectivity index (χ2v) is 5.59. The Kier molecular flexibility index (Phi) is 5.19. The molecule has 2 fully saturated rings. The second-order valence-electron chi connectivity index (χ2n) is 5.59. The van der Waals surface area contributed by atoms with Crippen molar-refractivity contribution in [2.45, 2.75) is 63.9 Å². The molecular weight excluding hydrogens is 228 g/mol. The predicted molar refractivity (Wildman–Crippen MR) is 70.6 cm³/mol. The molecule has 2 aliphatic rings. The molecule has 104 valence electrons. The molecule has 0 aromatic carbocycles. The van der Waals surface area contributed by atoms with E-state index in [1.165, 1.54) is 25.7 Å². The zero-order valence-electron chi connectivity index (χ0n) is 11.6. The van der Waals surface area contributed by atoms with Gasteiger partial charge in [-0.15, -0.1) is 0 Å². The van der Waals surface area contributed by atoms with E-state index in [-0.39, 0.29) is 5.92 Å². The summed E-state index contributed by atoms with van der Waals surface area (Å²) in [5, 5.41) is 0. The minimum atomic E-state index is -0.526. The zero-order valence-corrected chi connectivity index (χ0v) is 11.6. The molecule has 0 aromatic rings. The summed E-state index contributed by atoms with van der Waals surface area (Å²) in [6, 6.07) is 0. The largest absolute Gasteiger partial charge is 0.381 e. The summed E-state index contributed by atoms with van der Waals surface area (Å²) in [6.07, 6.45) is 8.60. The van der Waals surface area contributed by atoms with Gasteiger partial charge in [0.25, 0.3) is 0 Å². The first-order valence-corrected chi connectivity index (χ1v) is 7.54. The van der Waals surface area contributed by atoms with Crippen molar-refractivity contribution in [3.63, 3.8) is 0 Å². The van der Waals surface area contributed by atoms with Crippen LogP contribution >= 0.6 is 0 Å². The van der Waals surface area contributed by atoms with Crippen LogP contribution in [0.4, 0.5) is 0 Å². The molecule has 0 radical (unpaired) electrons. The highest BCUT2D eigenvalue weighted by atomic mass is 16.5. The molecule has 1 heterocycles. The molecule has 18 heavy (non-hydrogen) atoms. The van der Waals surface area contributed by atoms with E-state index in [0.29, 0.717) is 25.6 Å². The van der Waals surface area contributed by atoms with Crippen LogP contribution in [-0.4, -0.2) is 31.2 Å². The van der Waals surface area contributed by atoms with E-state index in [2.05, 4.69) is 0 Å². The number of Topliss-reactive ketones (excluding diaryl/α,β-unsaturated/α-hetero) is 1. The molecule has 0 N–H and O–H groups in total. The minimum Gasteiger partial charge on any atom is -0.381 e. The van der Waals surface area contributed by atoms with Gasteiger partial charge in [-0.05, 0) is 19.8 Å². The van der Waals surface area contributed by atoms with E-state index < -0.39 is 5.60 Å². The number of carbonyl (C=O) groups is 1. The van der Waals surface area contributed by atoms with E-state index in [9.17, 15) is 4.79 Å². The normalized spacial score (nSPS) is 25.6. The number of rotatable bonds is 4. The molecule has 0 bridgehead atoms. The highest BCUT2D eigenvalue weighted by Gasteiger charge is 2.43. The van der Waals surface area contributed by atoms with E-state index in [0.717, 1.165) is 25.7 Å². The number of ether oxygens (including phenoxy) is 2. The van der Waals surface area contributed by atoms with Crippen LogP contribution < -0.4 is 0 Å². The average molecular weight is 254 g/mol. The number of hydrogen-bond acceptors (Lipinski definition) is 3. The van der Waals surface area contributed by atoms with Gasteiger partial charge in [0.15, 0.2) is 5.78 Å². The summed E-state index contributed by atoms with van der Waals surface area (Å²) >= 11 is 0. The third kappa shape index (κ3) is 3.12. The number of ketones is 1. The van der Waals surface area contributed by atoms with Crippen LogP contribution in [0.15, 0.2) is 0 Å².